The lowest BCUT2D eigenvalue weighted by atomic mass is 10.2. The van der Waals surface area contributed by atoms with Crippen LogP contribution in [0, 0.1) is 12.7 Å². The average molecular weight is 272 g/mol. The summed E-state index contributed by atoms with van der Waals surface area (Å²) in [5.41, 5.74) is 2.63. The van der Waals surface area contributed by atoms with Crippen LogP contribution in [0.1, 0.15) is 12.0 Å². The van der Waals surface area contributed by atoms with Crippen LogP contribution in [-0.2, 0) is 4.79 Å². The lowest BCUT2D eigenvalue weighted by Gasteiger charge is -2.08. The summed E-state index contributed by atoms with van der Waals surface area (Å²) in [7, 11) is 0. The van der Waals surface area contributed by atoms with E-state index in [0.29, 0.717) is 18.7 Å². The van der Waals surface area contributed by atoms with Crippen LogP contribution < -0.4 is 10.6 Å². The molecule has 0 atom stereocenters. The minimum atomic E-state index is -0.360. The summed E-state index contributed by atoms with van der Waals surface area (Å²) in [5, 5.41) is 5.84. The second kappa shape index (κ2) is 6.70. The highest BCUT2D eigenvalue weighted by atomic mass is 19.1. The number of nitrogens with one attached hydrogen (secondary N) is 2. The first-order valence-corrected chi connectivity index (χ1v) is 6.49. The predicted octanol–water partition coefficient (Wildman–Crippen LogP) is 3.57. The molecular weight excluding hydrogens is 255 g/mol. The summed E-state index contributed by atoms with van der Waals surface area (Å²) in [5.74, 6) is -0.503. The van der Waals surface area contributed by atoms with Gasteiger partial charge in [-0.15, -0.1) is 0 Å². The third-order valence-electron chi connectivity index (χ3n) is 2.81. The van der Waals surface area contributed by atoms with Crippen molar-refractivity contribution < 1.29 is 9.18 Å². The van der Waals surface area contributed by atoms with Crippen LogP contribution in [0.3, 0.4) is 0 Å². The molecule has 0 aliphatic carbocycles. The molecular formula is C16H17FN2O. The monoisotopic (exact) mass is 272 g/mol. The van der Waals surface area contributed by atoms with Crippen molar-refractivity contribution in [1.29, 1.82) is 0 Å². The van der Waals surface area contributed by atoms with Crippen LogP contribution in [0.25, 0.3) is 0 Å². The zero-order chi connectivity index (χ0) is 14.4. The molecule has 2 aromatic carbocycles. The minimum absolute atomic E-state index is 0.143. The number of hydrogen-bond donors (Lipinski definition) is 2. The number of rotatable bonds is 5. The zero-order valence-electron chi connectivity index (χ0n) is 11.3. The topological polar surface area (TPSA) is 41.1 Å². The summed E-state index contributed by atoms with van der Waals surface area (Å²) in [6.45, 7) is 2.55. The Balaban J connectivity index is 1.78. The summed E-state index contributed by atoms with van der Waals surface area (Å²) in [4.78, 5) is 11.7. The Morgan fingerprint density at radius 1 is 1.10 bits per heavy atom. The number of anilines is 2. The van der Waals surface area contributed by atoms with Crippen LogP contribution in [0.4, 0.5) is 15.8 Å². The van der Waals surface area contributed by atoms with Crippen molar-refractivity contribution in [3.8, 4) is 0 Å². The second-order valence-electron chi connectivity index (χ2n) is 4.60. The third-order valence-corrected chi connectivity index (χ3v) is 2.81. The molecule has 2 rings (SSSR count). The Bertz CT molecular complexity index is 599. The quantitative estimate of drug-likeness (QED) is 0.873. The molecule has 1 amide bonds. The molecule has 4 heteroatoms. The van der Waals surface area contributed by atoms with Gasteiger partial charge in [-0.1, -0.05) is 18.2 Å². The van der Waals surface area contributed by atoms with Crippen molar-refractivity contribution in [2.24, 2.45) is 0 Å². The van der Waals surface area contributed by atoms with Gasteiger partial charge in [-0.3, -0.25) is 4.79 Å². The Labute approximate surface area is 117 Å². The number of aryl methyl sites for hydroxylation is 1. The molecule has 0 aliphatic heterocycles. The lowest BCUT2D eigenvalue weighted by Crippen LogP contribution is -2.16. The molecule has 0 radical (unpaired) electrons. The number of carbonyl (C=O) groups excluding carboxylic acids is 1. The number of hydrogen-bond acceptors (Lipinski definition) is 2. The summed E-state index contributed by atoms with van der Waals surface area (Å²) in [6, 6.07) is 13.8. The Hall–Kier alpha value is -2.36. The van der Waals surface area contributed by atoms with Gasteiger partial charge in [0.15, 0.2) is 0 Å². The van der Waals surface area contributed by atoms with E-state index in [2.05, 4.69) is 10.6 Å². The summed E-state index contributed by atoms with van der Waals surface area (Å²) >= 11 is 0. The fraction of sp³-hybridized carbons (Fsp3) is 0.188. The molecule has 0 unspecified atom stereocenters. The number of carbonyl (C=O) groups is 1. The van der Waals surface area contributed by atoms with Crippen LogP contribution >= 0.6 is 0 Å². The van der Waals surface area contributed by atoms with Gasteiger partial charge in [-0.25, -0.2) is 4.39 Å². The van der Waals surface area contributed by atoms with Gasteiger partial charge >= 0.3 is 0 Å². The largest absolute Gasteiger partial charge is 0.385 e. The minimum Gasteiger partial charge on any atom is -0.385 e. The molecule has 0 fully saturated rings. The summed E-state index contributed by atoms with van der Waals surface area (Å²) in [6.07, 6.45) is 0.324. The van der Waals surface area contributed by atoms with Crippen molar-refractivity contribution in [2.45, 2.75) is 13.3 Å². The first kappa shape index (κ1) is 14.1. The normalized spacial score (nSPS) is 10.1. The van der Waals surface area contributed by atoms with Crippen LogP contribution in [0.15, 0.2) is 48.5 Å². The van der Waals surface area contributed by atoms with E-state index in [9.17, 15) is 9.18 Å². The van der Waals surface area contributed by atoms with Gasteiger partial charge in [-0.2, -0.15) is 0 Å². The van der Waals surface area contributed by atoms with E-state index >= 15 is 0 Å². The van der Waals surface area contributed by atoms with Gasteiger partial charge in [-0.05, 0) is 42.8 Å². The molecule has 20 heavy (non-hydrogen) atoms. The molecule has 2 N–H and O–H groups in total. The average Bonchev–Trinajstić information content (AvgIpc) is 2.38. The van der Waals surface area contributed by atoms with Gasteiger partial charge < -0.3 is 10.6 Å². The standard InChI is InChI=1S/C16H17FN2O/c1-12-4-2-6-14(10-12)18-9-8-16(20)19-15-7-3-5-13(17)11-15/h2-7,10-11,18H,8-9H2,1H3,(H,19,20). The maximum Gasteiger partial charge on any atom is 0.226 e. The first-order chi connectivity index (χ1) is 9.63. The van der Waals surface area contributed by atoms with Gasteiger partial charge in [0.25, 0.3) is 0 Å². The van der Waals surface area contributed by atoms with E-state index in [4.69, 9.17) is 0 Å². The van der Waals surface area contributed by atoms with Gasteiger partial charge in [0, 0.05) is 24.3 Å². The fourth-order valence-corrected chi connectivity index (χ4v) is 1.87. The van der Waals surface area contributed by atoms with E-state index in [0.717, 1.165) is 5.69 Å². The highest BCUT2D eigenvalue weighted by Gasteiger charge is 2.03. The van der Waals surface area contributed by atoms with Crippen molar-refractivity contribution >= 4 is 17.3 Å². The fourth-order valence-electron chi connectivity index (χ4n) is 1.87. The number of benzene rings is 2. The Morgan fingerprint density at radius 2 is 1.85 bits per heavy atom. The highest BCUT2D eigenvalue weighted by Crippen LogP contribution is 2.11. The first-order valence-electron chi connectivity index (χ1n) is 6.49. The van der Waals surface area contributed by atoms with Crippen molar-refractivity contribution in [3.05, 3.63) is 59.9 Å². The van der Waals surface area contributed by atoms with Gasteiger partial charge in [0.05, 0.1) is 0 Å². The van der Waals surface area contributed by atoms with Crippen LogP contribution in [0.2, 0.25) is 0 Å². The smallest absolute Gasteiger partial charge is 0.226 e. The van der Waals surface area contributed by atoms with E-state index in [1.54, 1.807) is 12.1 Å². The molecule has 3 nitrogen and oxygen atoms in total. The van der Waals surface area contributed by atoms with Crippen molar-refractivity contribution in [1.82, 2.24) is 0 Å². The molecule has 0 saturated heterocycles. The molecule has 0 heterocycles. The number of halogens is 1. The van der Waals surface area contributed by atoms with E-state index in [1.165, 1.54) is 17.7 Å². The predicted molar refractivity (Wildman–Crippen MR) is 79.3 cm³/mol. The van der Waals surface area contributed by atoms with E-state index < -0.39 is 0 Å². The Kier molecular flexibility index (Phi) is 4.71. The van der Waals surface area contributed by atoms with Crippen LogP contribution in [-0.4, -0.2) is 12.5 Å². The molecule has 2 aromatic rings. The Morgan fingerprint density at radius 3 is 2.60 bits per heavy atom. The molecule has 0 aliphatic rings. The second-order valence-corrected chi connectivity index (χ2v) is 4.60. The third kappa shape index (κ3) is 4.39. The van der Waals surface area contributed by atoms with E-state index in [-0.39, 0.29) is 11.7 Å². The summed E-state index contributed by atoms with van der Waals surface area (Å²) < 4.78 is 13.0. The molecule has 104 valence electrons. The van der Waals surface area contributed by atoms with Crippen molar-refractivity contribution in [3.63, 3.8) is 0 Å². The molecule has 0 bridgehead atoms. The highest BCUT2D eigenvalue weighted by molar-refractivity contribution is 5.90. The van der Waals surface area contributed by atoms with Gasteiger partial charge in [0.2, 0.25) is 5.91 Å². The van der Waals surface area contributed by atoms with Crippen molar-refractivity contribution in [2.75, 3.05) is 17.2 Å². The molecule has 0 saturated carbocycles. The SMILES string of the molecule is Cc1cccc(NCCC(=O)Nc2cccc(F)c2)c1. The molecule has 0 aromatic heterocycles. The maximum atomic E-state index is 13.0. The lowest BCUT2D eigenvalue weighted by molar-refractivity contribution is -0.115. The van der Waals surface area contributed by atoms with Gasteiger partial charge in [0.1, 0.15) is 5.82 Å². The number of amides is 1. The van der Waals surface area contributed by atoms with E-state index in [1.807, 2.05) is 31.2 Å². The van der Waals surface area contributed by atoms with Crippen LogP contribution in [0.5, 0.6) is 0 Å². The molecule has 0 spiro atoms. The maximum absolute atomic E-state index is 13.0. The zero-order valence-corrected chi connectivity index (χ0v) is 11.3.